The van der Waals surface area contributed by atoms with Crippen molar-refractivity contribution in [1.82, 2.24) is 0 Å². The highest BCUT2D eigenvalue weighted by Gasteiger charge is 2.16. The molecule has 0 radical (unpaired) electrons. The Morgan fingerprint density at radius 2 is 1.74 bits per heavy atom. The highest BCUT2D eigenvalue weighted by Crippen LogP contribution is 2.17. The van der Waals surface area contributed by atoms with Crippen LogP contribution in [0.5, 0.6) is 5.75 Å². The van der Waals surface area contributed by atoms with Crippen molar-refractivity contribution < 1.29 is 17.4 Å². The van der Waals surface area contributed by atoms with Crippen LogP contribution in [0.25, 0.3) is 0 Å². The van der Waals surface area contributed by atoms with Crippen molar-refractivity contribution in [2.24, 2.45) is 5.16 Å². The molecule has 0 bridgehead atoms. The lowest BCUT2D eigenvalue weighted by atomic mass is 10.1. The topological polar surface area (TPSA) is 88.8 Å². The van der Waals surface area contributed by atoms with Crippen molar-refractivity contribution in [2.75, 3.05) is 7.11 Å². The van der Waals surface area contributed by atoms with Gasteiger partial charge in [0.15, 0.2) is 5.71 Å². The molecule has 0 N–H and O–H groups in total. The van der Waals surface area contributed by atoms with Crippen molar-refractivity contribution in [3.63, 3.8) is 0 Å². The maximum absolute atomic E-state index is 12.0. The summed E-state index contributed by atoms with van der Waals surface area (Å²) in [5.74, 6) is 0.598. The van der Waals surface area contributed by atoms with E-state index in [1.54, 1.807) is 30.3 Å². The van der Waals surface area contributed by atoms with Gasteiger partial charge in [-0.05, 0) is 48.5 Å². The summed E-state index contributed by atoms with van der Waals surface area (Å²) in [5, 5.41) is 12.9. The van der Waals surface area contributed by atoms with Gasteiger partial charge in [0.2, 0.25) is 0 Å². The smallest absolute Gasteiger partial charge is 0.358 e. The molecule has 0 aromatic heterocycles. The van der Waals surface area contributed by atoms with Gasteiger partial charge in [0, 0.05) is 10.6 Å². The van der Waals surface area contributed by atoms with Crippen LogP contribution in [-0.4, -0.2) is 21.2 Å². The van der Waals surface area contributed by atoms with E-state index in [9.17, 15) is 8.42 Å². The van der Waals surface area contributed by atoms with Gasteiger partial charge in [-0.15, -0.1) is 0 Å². The van der Waals surface area contributed by atoms with Gasteiger partial charge in [0.25, 0.3) is 0 Å². The molecule has 0 heterocycles. The van der Waals surface area contributed by atoms with E-state index in [2.05, 4.69) is 9.44 Å². The number of ether oxygens (including phenoxy) is 1. The number of hydrogen-bond donors (Lipinski definition) is 0. The predicted molar refractivity (Wildman–Crippen MR) is 84.9 cm³/mol. The molecule has 118 valence electrons. The number of halogens is 1. The van der Waals surface area contributed by atoms with Gasteiger partial charge in [-0.1, -0.05) is 16.8 Å². The molecule has 2 rings (SSSR count). The second-order valence-electron chi connectivity index (χ2n) is 4.26. The summed E-state index contributed by atoms with van der Waals surface area (Å²) in [6.45, 7) is 0. The number of oxime groups is 1. The van der Waals surface area contributed by atoms with Gasteiger partial charge in [0.1, 0.15) is 16.7 Å². The highest BCUT2D eigenvalue weighted by atomic mass is 35.5. The van der Waals surface area contributed by atoms with Crippen LogP contribution in [0.15, 0.2) is 58.6 Å². The van der Waals surface area contributed by atoms with Crippen LogP contribution in [0.1, 0.15) is 5.56 Å². The summed E-state index contributed by atoms with van der Waals surface area (Å²) in [5.41, 5.74) is 0.227. The van der Waals surface area contributed by atoms with Crippen molar-refractivity contribution in [3.05, 3.63) is 59.1 Å². The number of methoxy groups -OCH3 is 1. The van der Waals surface area contributed by atoms with Crippen LogP contribution in [0.3, 0.4) is 0 Å². The summed E-state index contributed by atoms with van der Waals surface area (Å²) in [6, 6.07) is 13.6. The van der Waals surface area contributed by atoms with Gasteiger partial charge in [0.05, 0.1) is 7.11 Å². The van der Waals surface area contributed by atoms with E-state index < -0.39 is 10.1 Å². The number of nitriles is 1. The number of rotatable bonds is 5. The Morgan fingerprint density at radius 1 is 1.13 bits per heavy atom. The largest absolute Gasteiger partial charge is 0.497 e. The summed E-state index contributed by atoms with van der Waals surface area (Å²) in [7, 11) is -2.61. The van der Waals surface area contributed by atoms with Crippen LogP contribution in [0, 0.1) is 11.3 Å². The minimum Gasteiger partial charge on any atom is -0.497 e. The van der Waals surface area contributed by atoms with Crippen molar-refractivity contribution in [1.29, 1.82) is 5.26 Å². The Hall–Kier alpha value is -2.56. The second-order valence-corrected chi connectivity index (χ2v) is 6.23. The highest BCUT2D eigenvalue weighted by molar-refractivity contribution is 7.86. The van der Waals surface area contributed by atoms with E-state index in [0.717, 1.165) is 0 Å². The monoisotopic (exact) mass is 350 g/mol. The van der Waals surface area contributed by atoms with Crippen molar-refractivity contribution in [2.45, 2.75) is 4.90 Å². The fourth-order valence-corrected chi connectivity index (χ4v) is 2.47. The van der Waals surface area contributed by atoms with E-state index in [0.29, 0.717) is 16.3 Å². The van der Waals surface area contributed by atoms with Crippen molar-refractivity contribution >= 4 is 27.4 Å². The molecule has 0 aliphatic heterocycles. The number of hydrogen-bond acceptors (Lipinski definition) is 6. The molecule has 0 atom stereocenters. The van der Waals surface area contributed by atoms with E-state index in [-0.39, 0.29) is 10.6 Å². The normalized spacial score (nSPS) is 11.6. The van der Waals surface area contributed by atoms with Gasteiger partial charge in [-0.25, -0.2) is 0 Å². The molecule has 0 fully saturated rings. The molecule has 2 aromatic carbocycles. The molecule has 0 spiro atoms. The summed E-state index contributed by atoms with van der Waals surface area (Å²) >= 11 is 5.70. The van der Waals surface area contributed by atoms with Crippen LogP contribution in [-0.2, 0) is 14.4 Å². The second kappa shape index (κ2) is 7.13. The van der Waals surface area contributed by atoms with Crippen LogP contribution < -0.4 is 4.74 Å². The Bertz CT molecular complexity index is 854. The molecule has 0 amide bonds. The van der Waals surface area contributed by atoms with E-state index in [1.807, 2.05) is 0 Å². The quantitative estimate of drug-likeness (QED) is 0.611. The Balaban J connectivity index is 2.24. The molecule has 6 nitrogen and oxygen atoms in total. The average molecular weight is 351 g/mol. The predicted octanol–water partition coefficient (Wildman–Crippen LogP) is 2.98. The molecule has 0 saturated carbocycles. The summed E-state index contributed by atoms with van der Waals surface area (Å²) in [4.78, 5) is -0.113. The zero-order valence-electron chi connectivity index (χ0n) is 11.9. The van der Waals surface area contributed by atoms with E-state index in [1.165, 1.54) is 31.4 Å². The lowest BCUT2D eigenvalue weighted by molar-refractivity contribution is 0.339. The maximum atomic E-state index is 12.0. The van der Waals surface area contributed by atoms with Crippen molar-refractivity contribution in [3.8, 4) is 11.8 Å². The first-order chi connectivity index (χ1) is 11.0. The maximum Gasteiger partial charge on any atom is 0.358 e. The number of nitrogens with zero attached hydrogens (tertiary/aromatic N) is 2. The Labute approximate surface area is 138 Å². The first-order valence-corrected chi connectivity index (χ1v) is 8.06. The third-order valence-corrected chi connectivity index (χ3v) is 4.17. The molecule has 0 aliphatic rings. The Morgan fingerprint density at radius 3 is 2.26 bits per heavy atom. The first-order valence-electron chi connectivity index (χ1n) is 6.28. The van der Waals surface area contributed by atoms with Gasteiger partial charge in [-0.3, -0.25) is 4.28 Å². The molecule has 0 saturated heterocycles. The lowest BCUT2D eigenvalue weighted by Crippen LogP contribution is -2.06. The van der Waals surface area contributed by atoms with E-state index >= 15 is 0 Å². The molecular weight excluding hydrogens is 340 g/mol. The van der Waals surface area contributed by atoms with Crippen LogP contribution >= 0.6 is 11.6 Å². The third-order valence-electron chi connectivity index (χ3n) is 2.80. The van der Waals surface area contributed by atoms with Crippen LogP contribution in [0.2, 0.25) is 5.02 Å². The zero-order valence-corrected chi connectivity index (χ0v) is 13.5. The first kappa shape index (κ1) is 16.8. The Kier molecular flexibility index (Phi) is 5.21. The average Bonchev–Trinajstić information content (AvgIpc) is 2.56. The lowest BCUT2D eigenvalue weighted by Gasteiger charge is -2.03. The molecule has 0 aliphatic carbocycles. The molecule has 0 unspecified atom stereocenters. The fourth-order valence-electron chi connectivity index (χ4n) is 1.62. The molecule has 2 aromatic rings. The van der Waals surface area contributed by atoms with Crippen LogP contribution in [0.4, 0.5) is 0 Å². The van der Waals surface area contributed by atoms with Gasteiger partial charge < -0.3 is 4.74 Å². The minimum atomic E-state index is -4.12. The molecular formula is C15H11ClN2O4S. The molecule has 8 heteroatoms. The fraction of sp³-hybridized carbons (Fsp3) is 0.0667. The SMILES string of the molecule is COc1ccc(C(C#N)=NOS(=O)(=O)c2ccc(Cl)cc2)cc1. The van der Waals surface area contributed by atoms with Gasteiger partial charge in [-0.2, -0.15) is 13.7 Å². The minimum absolute atomic E-state index is 0.113. The zero-order chi connectivity index (χ0) is 16.9. The molecule has 23 heavy (non-hydrogen) atoms. The van der Waals surface area contributed by atoms with E-state index in [4.69, 9.17) is 21.6 Å². The van der Waals surface area contributed by atoms with Gasteiger partial charge >= 0.3 is 10.1 Å². The third kappa shape index (κ3) is 4.22. The number of benzene rings is 2. The summed E-state index contributed by atoms with van der Waals surface area (Å²) in [6.07, 6.45) is 0. The summed E-state index contributed by atoms with van der Waals surface area (Å²) < 4.78 is 33.6. The standard InChI is InChI=1S/C15H11ClN2O4S/c1-21-13-6-2-11(3-7-13)15(10-17)18-22-23(19,20)14-8-4-12(16)5-9-14/h2-9H,1H3.